The van der Waals surface area contributed by atoms with Crippen molar-refractivity contribution >= 4 is 22.7 Å². The number of nitrogens with two attached hydrogens (primary N) is 1. The van der Waals surface area contributed by atoms with E-state index in [-0.39, 0.29) is 17.4 Å². The maximum absolute atomic E-state index is 14.5. The molecule has 1 spiro atoms. The molecule has 0 bridgehead atoms. The van der Waals surface area contributed by atoms with Crippen molar-refractivity contribution in [2.45, 2.75) is 43.0 Å². The molecular formula is C22H21F2N3OS. The molecule has 2 atom stereocenters. The van der Waals surface area contributed by atoms with E-state index in [9.17, 15) is 13.6 Å². The fourth-order valence-electron chi connectivity index (χ4n) is 4.29. The molecule has 2 aliphatic carbocycles. The number of nitrogens with zero attached hydrogens (tertiary/aromatic N) is 2. The Balaban J connectivity index is 1.63. The number of amides is 1. The van der Waals surface area contributed by atoms with Crippen LogP contribution in [-0.4, -0.2) is 22.0 Å². The fourth-order valence-corrected chi connectivity index (χ4v) is 5.77. The molecule has 1 heterocycles. The molecule has 4 nitrogen and oxygen atoms in total. The first-order valence-electron chi connectivity index (χ1n) is 9.91. The van der Waals surface area contributed by atoms with Gasteiger partial charge in [0, 0.05) is 5.56 Å². The Bertz CT molecular complexity index is 1020. The van der Waals surface area contributed by atoms with Crippen molar-refractivity contribution in [1.82, 2.24) is 5.01 Å². The molecule has 1 amide bonds. The monoisotopic (exact) mass is 413 g/mol. The van der Waals surface area contributed by atoms with E-state index < -0.39 is 22.5 Å². The van der Waals surface area contributed by atoms with Crippen LogP contribution >= 0.6 is 11.8 Å². The third-order valence-corrected chi connectivity index (χ3v) is 7.41. The summed E-state index contributed by atoms with van der Waals surface area (Å²) >= 11 is 1.33. The predicted octanol–water partition coefficient (Wildman–Crippen LogP) is 4.13. The Labute approximate surface area is 172 Å². The van der Waals surface area contributed by atoms with Crippen LogP contribution in [0.4, 0.5) is 8.78 Å². The van der Waals surface area contributed by atoms with Crippen molar-refractivity contribution in [1.29, 1.82) is 0 Å². The molecule has 0 aromatic heterocycles. The Morgan fingerprint density at radius 1 is 1.24 bits per heavy atom. The molecule has 2 aromatic rings. The zero-order valence-electron chi connectivity index (χ0n) is 15.8. The standard InChI is InChI=1S/C22H21F2N3OS/c23-15-9-10-18(24)16(12-15)20-26-27(21(28)19(25)14-7-8-14)22(29-20)11-3-5-13-4-1-2-6-17(13)22/h1-2,4,6,9-10,12,14,19H,3,5,7-8,11,25H2/t19-,22?/m0/s1. The van der Waals surface area contributed by atoms with E-state index in [4.69, 9.17) is 5.73 Å². The molecule has 150 valence electrons. The van der Waals surface area contributed by atoms with Crippen LogP contribution in [0.3, 0.4) is 0 Å². The Kier molecular flexibility index (Phi) is 4.47. The van der Waals surface area contributed by atoms with Gasteiger partial charge in [-0.1, -0.05) is 36.0 Å². The highest BCUT2D eigenvalue weighted by atomic mass is 32.2. The van der Waals surface area contributed by atoms with Gasteiger partial charge in [0.25, 0.3) is 5.91 Å². The quantitative estimate of drug-likeness (QED) is 0.823. The zero-order chi connectivity index (χ0) is 20.2. The van der Waals surface area contributed by atoms with Crippen LogP contribution in [0, 0.1) is 17.6 Å². The number of thioether (sulfide) groups is 1. The van der Waals surface area contributed by atoms with Crippen molar-refractivity contribution in [3.8, 4) is 0 Å². The van der Waals surface area contributed by atoms with Crippen molar-refractivity contribution < 1.29 is 13.6 Å². The minimum atomic E-state index is -0.771. The van der Waals surface area contributed by atoms with Crippen molar-refractivity contribution in [3.63, 3.8) is 0 Å². The largest absolute Gasteiger partial charge is 0.320 e. The summed E-state index contributed by atoms with van der Waals surface area (Å²) in [4.78, 5) is 12.6. The fraction of sp³-hybridized carbons (Fsp3) is 0.364. The van der Waals surface area contributed by atoms with Crippen LogP contribution in [0.25, 0.3) is 0 Å². The first-order valence-corrected chi connectivity index (χ1v) is 10.7. The summed E-state index contributed by atoms with van der Waals surface area (Å²) in [6.07, 6.45) is 4.35. The first-order chi connectivity index (χ1) is 14.0. The van der Waals surface area contributed by atoms with Gasteiger partial charge in [-0.25, -0.2) is 13.8 Å². The van der Waals surface area contributed by atoms with Crippen LogP contribution in [-0.2, 0) is 16.1 Å². The second-order valence-electron chi connectivity index (χ2n) is 7.94. The number of aryl methyl sites for hydroxylation is 1. The normalized spacial score (nSPS) is 24.4. The maximum atomic E-state index is 14.5. The lowest BCUT2D eigenvalue weighted by molar-refractivity contribution is -0.137. The Morgan fingerprint density at radius 3 is 2.83 bits per heavy atom. The van der Waals surface area contributed by atoms with E-state index in [1.165, 1.54) is 16.8 Å². The SMILES string of the molecule is N[C@H](C(=O)N1N=C(c2cc(F)ccc2F)SC12CCCc1ccccc12)C1CC1. The number of hydrazone groups is 1. The smallest absolute Gasteiger partial charge is 0.261 e. The summed E-state index contributed by atoms with van der Waals surface area (Å²) in [5, 5.41) is 6.33. The van der Waals surface area contributed by atoms with Crippen molar-refractivity contribution in [3.05, 3.63) is 70.8 Å². The summed E-state index contributed by atoms with van der Waals surface area (Å²) < 4.78 is 28.3. The number of halogens is 2. The van der Waals surface area contributed by atoms with E-state index in [0.29, 0.717) is 11.5 Å². The number of fused-ring (bicyclic) bond motifs is 2. The highest BCUT2D eigenvalue weighted by Gasteiger charge is 2.52. The molecule has 0 saturated heterocycles. The average Bonchev–Trinajstić information content (AvgIpc) is 3.51. The van der Waals surface area contributed by atoms with Gasteiger partial charge >= 0.3 is 0 Å². The molecule has 2 N–H and O–H groups in total. The molecule has 3 aliphatic rings. The molecule has 1 unspecified atom stereocenters. The number of carbonyl (C=O) groups excluding carboxylic acids is 1. The second kappa shape index (κ2) is 6.92. The first kappa shape index (κ1) is 18.8. The van der Waals surface area contributed by atoms with Gasteiger partial charge in [0.1, 0.15) is 21.5 Å². The van der Waals surface area contributed by atoms with Gasteiger partial charge < -0.3 is 5.73 Å². The third kappa shape index (κ3) is 3.07. The third-order valence-electron chi connectivity index (χ3n) is 5.98. The lowest BCUT2D eigenvalue weighted by Gasteiger charge is -2.40. The number of rotatable bonds is 3. The number of benzene rings is 2. The van der Waals surface area contributed by atoms with Crippen LogP contribution in [0.15, 0.2) is 47.6 Å². The molecule has 1 saturated carbocycles. The molecule has 2 aromatic carbocycles. The van der Waals surface area contributed by atoms with Gasteiger partial charge in [-0.05, 0) is 67.3 Å². The number of hydrogen-bond donors (Lipinski definition) is 1. The highest BCUT2D eigenvalue weighted by Crippen LogP contribution is 2.54. The second-order valence-corrected chi connectivity index (χ2v) is 9.21. The summed E-state index contributed by atoms with van der Waals surface area (Å²) in [6, 6.07) is 10.7. The minimum absolute atomic E-state index is 0.0766. The summed E-state index contributed by atoms with van der Waals surface area (Å²) in [6.45, 7) is 0. The number of hydrogen-bond acceptors (Lipinski definition) is 4. The topological polar surface area (TPSA) is 58.7 Å². The van der Waals surface area contributed by atoms with Gasteiger partial charge in [-0.15, -0.1) is 0 Å². The maximum Gasteiger partial charge on any atom is 0.261 e. The van der Waals surface area contributed by atoms with E-state index in [1.807, 2.05) is 18.2 Å². The van der Waals surface area contributed by atoms with Crippen LogP contribution < -0.4 is 5.73 Å². The molecule has 29 heavy (non-hydrogen) atoms. The lowest BCUT2D eigenvalue weighted by atomic mass is 9.86. The Morgan fingerprint density at radius 2 is 2.03 bits per heavy atom. The van der Waals surface area contributed by atoms with Crippen molar-refractivity contribution in [2.75, 3.05) is 0 Å². The molecule has 0 radical (unpaired) electrons. The van der Waals surface area contributed by atoms with Crippen LogP contribution in [0.2, 0.25) is 0 Å². The van der Waals surface area contributed by atoms with E-state index in [0.717, 1.165) is 55.0 Å². The van der Waals surface area contributed by atoms with Crippen LogP contribution in [0.5, 0.6) is 0 Å². The molecule has 7 heteroatoms. The molecule has 1 aliphatic heterocycles. The summed E-state index contributed by atoms with van der Waals surface area (Å²) in [5.41, 5.74) is 8.48. The van der Waals surface area contributed by atoms with E-state index >= 15 is 0 Å². The average molecular weight is 413 g/mol. The van der Waals surface area contributed by atoms with Gasteiger partial charge in [0.2, 0.25) is 0 Å². The molecular weight excluding hydrogens is 392 g/mol. The van der Waals surface area contributed by atoms with Crippen molar-refractivity contribution in [2.24, 2.45) is 16.8 Å². The van der Waals surface area contributed by atoms with Gasteiger partial charge in [-0.2, -0.15) is 5.10 Å². The molecule has 1 fully saturated rings. The summed E-state index contributed by atoms with van der Waals surface area (Å²) in [7, 11) is 0. The van der Waals surface area contributed by atoms with E-state index in [1.54, 1.807) is 0 Å². The van der Waals surface area contributed by atoms with Gasteiger partial charge in [-0.3, -0.25) is 4.79 Å². The minimum Gasteiger partial charge on any atom is -0.320 e. The predicted molar refractivity (Wildman–Crippen MR) is 109 cm³/mol. The number of carbonyl (C=O) groups is 1. The summed E-state index contributed by atoms with van der Waals surface area (Å²) in [5.74, 6) is -1.17. The zero-order valence-corrected chi connectivity index (χ0v) is 16.6. The highest BCUT2D eigenvalue weighted by molar-refractivity contribution is 8.15. The van der Waals surface area contributed by atoms with E-state index in [2.05, 4.69) is 11.2 Å². The molecule has 5 rings (SSSR count). The van der Waals surface area contributed by atoms with Gasteiger partial charge in [0.05, 0.1) is 6.04 Å². The van der Waals surface area contributed by atoms with Gasteiger partial charge in [0.15, 0.2) is 0 Å². The Hall–Kier alpha value is -2.25. The van der Waals surface area contributed by atoms with Crippen LogP contribution in [0.1, 0.15) is 42.4 Å². The lowest BCUT2D eigenvalue weighted by Crippen LogP contribution is -2.50.